The van der Waals surface area contributed by atoms with Crippen LogP contribution < -0.4 is 4.90 Å². The lowest BCUT2D eigenvalue weighted by molar-refractivity contribution is 0.199. The molecular weight excluding hydrogens is 224 g/mol. The highest BCUT2D eigenvalue weighted by Gasteiger charge is 2.20. The second-order valence-electron chi connectivity index (χ2n) is 4.66. The van der Waals surface area contributed by atoms with Gasteiger partial charge in [0.05, 0.1) is 6.10 Å². The smallest absolute Gasteiger partial charge is 0.132 e. The van der Waals surface area contributed by atoms with E-state index in [4.69, 9.17) is 0 Å². The van der Waals surface area contributed by atoms with Gasteiger partial charge in [-0.15, -0.1) is 0 Å². The third-order valence-electron chi connectivity index (χ3n) is 3.42. The van der Waals surface area contributed by atoms with Crippen molar-refractivity contribution in [3.05, 3.63) is 53.7 Å². The van der Waals surface area contributed by atoms with E-state index in [0.29, 0.717) is 0 Å². The predicted molar refractivity (Wildman–Crippen MR) is 72.0 cm³/mol. The molecule has 2 aromatic rings. The van der Waals surface area contributed by atoms with Crippen LogP contribution >= 0.6 is 0 Å². The minimum absolute atomic E-state index is 0.461. The summed E-state index contributed by atoms with van der Waals surface area (Å²) in [7, 11) is 0. The number of aliphatic hydroxyl groups excluding tert-OH is 1. The van der Waals surface area contributed by atoms with Gasteiger partial charge in [0, 0.05) is 18.4 Å². The second-order valence-corrected chi connectivity index (χ2v) is 4.66. The molecule has 1 aromatic heterocycles. The van der Waals surface area contributed by atoms with Crippen molar-refractivity contribution < 1.29 is 5.11 Å². The van der Waals surface area contributed by atoms with Crippen LogP contribution in [-0.2, 0) is 6.42 Å². The summed E-state index contributed by atoms with van der Waals surface area (Å²) < 4.78 is 0. The Morgan fingerprint density at radius 1 is 1.22 bits per heavy atom. The fourth-order valence-corrected chi connectivity index (χ4v) is 2.38. The fraction of sp³-hybridized carbons (Fsp3) is 0.267. The molecule has 3 rings (SSSR count). The summed E-state index contributed by atoms with van der Waals surface area (Å²) in [6, 6.07) is 12.3. The molecule has 0 fully saturated rings. The van der Waals surface area contributed by atoms with Gasteiger partial charge in [-0.05, 0) is 36.6 Å². The van der Waals surface area contributed by atoms with Gasteiger partial charge >= 0.3 is 0 Å². The third-order valence-corrected chi connectivity index (χ3v) is 3.42. The Hall–Kier alpha value is -1.87. The number of anilines is 2. The Labute approximate surface area is 107 Å². The first-order valence-electron chi connectivity index (χ1n) is 6.25. The normalized spacial score (nSPS) is 15.6. The maximum Gasteiger partial charge on any atom is 0.132 e. The summed E-state index contributed by atoms with van der Waals surface area (Å²) in [6.07, 6.45) is 2.36. The molecule has 3 nitrogen and oxygen atoms in total. The highest BCUT2D eigenvalue weighted by Crippen LogP contribution is 2.33. The van der Waals surface area contributed by atoms with E-state index < -0.39 is 6.10 Å². The Morgan fingerprint density at radius 3 is 2.78 bits per heavy atom. The average Bonchev–Trinajstić information content (AvgIpc) is 2.82. The van der Waals surface area contributed by atoms with Crippen LogP contribution in [0.2, 0.25) is 0 Å². The number of rotatable bonds is 2. The minimum Gasteiger partial charge on any atom is -0.389 e. The van der Waals surface area contributed by atoms with Crippen LogP contribution in [0, 0.1) is 0 Å². The van der Waals surface area contributed by atoms with Gasteiger partial charge in [-0.3, -0.25) is 0 Å². The summed E-state index contributed by atoms with van der Waals surface area (Å²) in [5, 5.41) is 9.48. The third kappa shape index (κ3) is 1.87. The van der Waals surface area contributed by atoms with Crippen LogP contribution in [0.15, 0.2) is 42.6 Å². The van der Waals surface area contributed by atoms with Crippen LogP contribution in [0.1, 0.15) is 24.2 Å². The molecular formula is C15H16N2O. The van der Waals surface area contributed by atoms with E-state index in [9.17, 15) is 5.11 Å². The number of aromatic nitrogens is 1. The van der Waals surface area contributed by atoms with Gasteiger partial charge in [0.15, 0.2) is 0 Å². The molecule has 92 valence electrons. The zero-order valence-electron chi connectivity index (χ0n) is 10.4. The standard InChI is InChI=1S/C15H16N2O/c1-11(18)13-6-7-15(16-10-13)17-9-8-12-4-2-3-5-14(12)17/h2-7,10-11,18H,8-9H2,1H3. The molecule has 1 unspecified atom stereocenters. The Balaban J connectivity index is 1.93. The van der Waals surface area contributed by atoms with Crippen molar-refractivity contribution in [2.75, 3.05) is 11.4 Å². The number of aliphatic hydroxyl groups is 1. The first-order chi connectivity index (χ1) is 8.75. The molecule has 3 heteroatoms. The first-order valence-corrected chi connectivity index (χ1v) is 6.25. The van der Waals surface area contributed by atoms with Crippen LogP contribution in [0.3, 0.4) is 0 Å². The zero-order valence-corrected chi connectivity index (χ0v) is 10.4. The number of pyridine rings is 1. The lowest BCUT2D eigenvalue weighted by Gasteiger charge is -2.18. The maximum atomic E-state index is 9.48. The second kappa shape index (κ2) is 4.42. The van der Waals surface area contributed by atoms with Crippen LogP contribution in [0.4, 0.5) is 11.5 Å². The van der Waals surface area contributed by atoms with Crippen LogP contribution in [0.5, 0.6) is 0 Å². The molecule has 0 amide bonds. The summed E-state index contributed by atoms with van der Waals surface area (Å²) in [4.78, 5) is 6.67. The van der Waals surface area contributed by atoms with Crippen molar-refractivity contribution in [3.63, 3.8) is 0 Å². The fourth-order valence-electron chi connectivity index (χ4n) is 2.38. The SMILES string of the molecule is CC(O)c1ccc(N2CCc3ccccc32)nc1. The summed E-state index contributed by atoms with van der Waals surface area (Å²) in [6.45, 7) is 2.72. The monoisotopic (exact) mass is 240 g/mol. The minimum atomic E-state index is -0.461. The van der Waals surface area contributed by atoms with Crippen molar-refractivity contribution in [1.82, 2.24) is 4.98 Å². The Morgan fingerprint density at radius 2 is 2.06 bits per heavy atom. The first kappa shape index (κ1) is 11.2. The van der Waals surface area contributed by atoms with Crippen molar-refractivity contribution in [2.45, 2.75) is 19.4 Å². The quantitative estimate of drug-likeness (QED) is 0.877. The van der Waals surface area contributed by atoms with E-state index >= 15 is 0 Å². The van der Waals surface area contributed by atoms with Crippen molar-refractivity contribution in [1.29, 1.82) is 0 Å². The summed E-state index contributed by atoms with van der Waals surface area (Å²) in [5.41, 5.74) is 3.47. The van der Waals surface area contributed by atoms with Gasteiger partial charge in [-0.2, -0.15) is 0 Å². The van der Waals surface area contributed by atoms with Crippen molar-refractivity contribution >= 4 is 11.5 Å². The molecule has 0 saturated carbocycles. The van der Waals surface area contributed by atoms with Gasteiger partial charge in [-0.25, -0.2) is 4.98 Å². The molecule has 0 bridgehead atoms. The summed E-state index contributed by atoms with van der Waals surface area (Å²) in [5.74, 6) is 0.948. The van der Waals surface area contributed by atoms with E-state index in [1.165, 1.54) is 11.3 Å². The lowest BCUT2D eigenvalue weighted by Crippen LogP contribution is -2.14. The molecule has 1 aromatic carbocycles. The molecule has 1 aliphatic rings. The largest absolute Gasteiger partial charge is 0.389 e. The van der Waals surface area contributed by atoms with E-state index in [1.54, 1.807) is 13.1 Å². The number of hydrogen-bond acceptors (Lipinski definition) is 3. The molecule has 18 heavy (non-hydrogen) atoms. The molecule has 0 spiro atoms. The van der Waals surface area contributed by atoms with E-state index in [1.807, 2.05) is 12.1 Å². The zero-order chi connectivity index (χ0) is 12.5. The molecule has 1 N–H and O–H groups in total. The van der Waals surface area contributed by atoms with Crippen LogP contribution in [-0.4, -0.2) is 16.6 Å². The highest BCUT2D eigenvalue weighted by molar-refractivity contribution is 5.67. The van der Waals surface area contributed by atoms with E-state index in [0.717, 1.165) is 24.3 Å². The van der Waals surface area contributed by atoms with Crippen molar-refractivity contribution in [2.24, 2.45) is 0 Å². The van der Waals surface area contributed by atoms with Gasteiger partial charge in [0.1, 0.15) is 5.82 Å². The average molecular weight is 240 g/mol. The van der Waals surface area contributed by atoms with Crippen LogP contribution in [0.25, 0.3) is 0 Å². The molecule has 0 saturated heterocycles. The summed E-state index contributed by atoms with van der Waals surface area (Å²) >= 11 is 0. The Bertz CT molecular complexity index is 549. The number of benzene rings is 1. The maximum absolute atomic E-state index is 9.48. The number of hydrogen-bond donors (Lipinski definition) is 1. The van der Waals surface area contributed by atoms with E-state index in [-0.39, 0.29) is 0 Å². The molecule has 1 atom stereocenters. The van der Waals surface area contributed by atoms with Gasteiger partial charge in [0.2, 0.25) is 0 Å². The molecule has 0 aliphatic carbocycles. The number of nitrogens with zero attached hydrogens (tertiary/aromatic N) is 2. The molecule has 0 radical (unpaired) electrons. The molecule has 2 heterocycles. The van der Waals surface area contributed by atoms with Gasteiger partial charge in [0.25, 0.3) is 0 Å². The molecule has 1 aliphatic heterocycles. The van der Waals surface area contributed by atoms with Gasteiger partial charge < -0.3 is 10.0 Å². The lowest BCUT2D eigenvalue weighted by atomic mass is 10.2. The van der Waals surface area contributed by atoms with E-state index in [2.05, 4.69) is 34.1 Å². The predicted octanol–water partition coefficient (Wildman–Crippen LogP) is 2.83. The van der Waals surface area contributed by atoms with Gasteiger partial charge in [-0.1, -0.05) is 24.3 Å². The highest BCUT2D eigenvalue weighted by atomic mass is 16.3. The van der Waals surface area contributed by atoms with Crippen molar-refractivity contribution in [3.8, 4) is 0 Å². The number of para-hydroxylation sites is 1. The Kier molecular flexibility index (Phi) is 2.76. The number of fused-ring (bicyclic) bond motifs is 1. The topological polar surface area (TPSA) is 36.4 Å².